The molecule has 0 aliphatic carbocycles. The van der Waals surface area contributed by atoms with E-state index in [2.05, 4.69) is 9.72 Å². The van der Waals surface area contributed by atoms with Crippen LogP contribution in [-0.4, -0.2) is 18.1 Å². The van der Waals surface area contributed by atoms with Gasteiger partial charge in [-0.25, -0.2) is 9.18 Å². The highest BCUT2D eigenvalue weighted by atomic mass is 35.5. The molecule has 4 nitrogen and oxygen atoms in total. The summed E-state index contributed by atoms with van der Waals surface area (Å²) in [5.41, 5.74) is 6.18. The van der Waals surface area contributed by atoms with E-state index >= 15 is 0 Å². The quantitative estimate of drug-likeness (QED) is 0.754. The Hall–Kier alpha value is -1.75. The van der Waals surface area contributed by atoms with Crippen molar-refractivity contribution in [3.05, 3.63) is 28.5 Å². The lowest BCUT2D eigenvalue weighted by molar-refractivity contribution is 0.0604. The van der Waals surface area contributed by atoms with Gasteiger partial charge in [-0.05, 0) is 12.1 Å². The van der Waals surface area contributed by atoms with Crippen LogP contribution in [0.2, 0.25) is 5.02 Å². The monoisotopic (exact) mass is 242 g/mol. The van der Waals surface area contributed by atoms with Gasteiger partial charge in [0, 0.05) is 5.39 Å². The number of nitrogens with two attached hydrogens (primary N) is 1. The summed E-state index contributed by atoms with van der Waals surface area (Å²) >= 11 is 5.63. The van der Waals surface area contributed by atoms with Gasteiger partial charge in [0.05, 0.1) is 17.6 Å². The molecule has 0 saturated carbocycles. The number of H-pyrrole nitrogens is 1. The van der Waals surface area contributed by atoms with E-state index < -0.39 is 11.8 Å². The Morgan fingerprint density at radius 3 is 2.88 bits per heavy atom. The minimum absolute atomic E-state index is 0.0725. The molecule has 0 unspecified atom stereocenters. The number of methoxy groups -OCH3 is 1. The largest absolute Gasteiger partial charge is 0.465 e. The van der Waals surface area contributed by atoms with Gasteiger partial charge >= 0.3 is 5.97 Å². The first kappa shape index (κ1) is 10.8. The number of rotatable bonds is 1. The normalized spacial score (nSPS) is 10.7. The molecule has 0 bridgehead atoms. The molecule has 0 aliphatic heterocycles. The Balaban J connectivity index is 2.79. The molecule has 2 aromatic rings. The standard InChI is InChI=1S/C10H8ClFN2O2/c1-16-10(15)8-4-2-5(11)6(12)3-7(4)14-9(8)13/h2-3,14H,13H2,1H3. The molecule has 6 heteroatoms. The highest BCUT2D eigenvalue weighted by Gasteiger charge is 2.18. The van der Waals surface area contributed by atoms with Gasteiger partial charge in [-0.1, -0.05) is 11.6 Å². The molecular formula is C10H8ClFN2O2. The summed E-state index contributed by atoms with van der Waals surface area (Å²) in [6.45, 7) is 0. The zero-order valence-electron chi connectivity index (χ0n) is 8.30. The minimum Gasteiger partial charge on any atom is -0.465 e. The number of aromatic nitrogens is 1. The second-order valence-electron chi connectivity index (χ2n) is 3.22. The Morgan fingerprint density at radius 1 is 1.56 bits per heavy atom. The topological polar surface area (TPSA) is 68.1 Å². The van der Waals surface area contributed by atoms with Gasteiger partial charge in [0.25, 0.3) is 0 Å². The predicted molar refractivity (Wildman–Crippen MR) is 59.0 cm³/mol. The zero-order valence-corrected chi connectivity index (χ0v) is 9.06. The summed E-state index contributed by atoms with van der Waals surface area (Å²) in [5, 5.41) is 0.368. The summed E-state index contributed by atoms with van der Waals surface area (Å²) in [6.07, 6.45) is 0. The van der Waals surface area contributed by atoms with Crippen LogP contribution < -0.4 is 5.73 Å². The lowest BCUT2D eigenvalue weighted by atomic mass is 10.1. The molecule has 16 heavy (non-hydrogen) atoms. The Kier molecular flexibility index (Phi) is 2.47. The smallest absolute Gasteiger partial charge is 0.342 e. The van der Waals surface area contributed by atoms with Crippen LogP contribution in [0, 0.1) is 5.82 Å². The summed E-state index contributed by atoms with van der Waals surface area (Å²) in [5.74, 6) is -1.04. The van der Waals surface area contributed by atoms with Crippen molar-refractivity contribution in [3.8, 4) is 0 Å². The van der Waals surface area contributed by atoms with Crippen molar-refractivity contribution < 1.29 is 13.9 Å². The van der Waals surface area contributed by atoms with Crippen molar-refractivity contribution >= 4 is 34.3 Å². The lowest BCUT2D eigenvalue weighted by Crippen LogP contribution is -2.03. The third-order valence-corrected chi connectivity index (χ3v) is 2.55. The summed E-state index contributed by atoms with van der Waals surface area (Å²) in [6, 6.07) is 2.52. The van der Waals surface area contributed by atoms with E-state index in [0.717, 1.165) is 0 Å². The van der Waals surface area contributed by atoms with Gasteiger partial charge in [0.2, 0.25) is 0 Å². The Bertz CT molecular complexity index is 580. The highest BCUT2D eigenvalue weighted by molar-refractivity contribution is 6.31. The number of hydrogen-bond acceptors (Lipinski definition) is 3. The van der Waals surface area contributed by atoms with E-state index in [1.807, 2.05) is 0 Å². The molecule has 0 atom stereocenters. The molecule has 2 rings (SSSR count). The van der Waals surface area contributed by atoms with Crippen LogP contribution in [0.3, 0.4) is 0 Å². The molecule has 1 aromatic heterocycles. The van der Waals surface area contributed by atoms with Gasteiger partial charge < -0.3 is 15.5 Å². The SMILES string of the molecule is COC(=O)c1c(N)[nH]c2cc(F)c(Cl)cc12. The fourth-order valence-electron chi connectivity index (χ4n) is 1.53. The van der Waals surface area contributed by atoms with E-state index in [1.165, 1.54) is 19.2 Å². The number of carbonyl (C=O) groups excluding carboxylic acids is 1. The van der Waals surface area contributed by atoms with E-state index in [1.54, 1.807) is 0 Å². The first-order valence-electron chi connectivity index (χ1n) is 4.39. The van der Waals surface area contributed by atoms with Gasteiger partial charge in [-0.2, -0.15) is 0 Å². The first-order valence-corrected chi connectivity index (χ1v) is 4.77. The number of anilines is 1. The molecule has 0 fully saturated rings. The third kappa shape index (κ3) is 1.49. The number of nitrogen functional groups attached to an aromatic ring is 1. The van der Waals surface area contributed by atoms with Crippen LogP contribution in [0.1, 0.15) is 10.4 Å². The van der Waals surface area contributed by atoms with Crippen molar-refractivity contribution in [3.63, 3.8) is 0 Å². The number of benzene rings is 1. The van der Waals surface area contributed by atoms with E-state index in [0.29, 0.717) is 10.9 Å². The van der Waals surface area contributed by atoms with Gasteiger partial charge in [-0.15, -0.1) is 0 Å². The zero-order chi connectivity index (χ0) is 11.9. The van der Waals surface area contributed by atoms with E-state index in [9.17, 15) is 9.18 Å². The molecule has 3 N–H and O–H groups in total. The molecular weight excluding hydrogens is 235 g/mol. The molecule has 84 valence electrons. The third-order valence-electron chi connectivity index (χ3n) is 2.26. The Morgan fingerprint density at radius 2 is 2.25 bits per heavy atom. The summed E-state index contributed by atoms with van der Waals surface area (Å²) in [4.78, 5) is 14.1. The second kappa shape index (κ2) is 3.68. The maximum Gasteiger partial charge on any atom is 0.342 e. The Labute approximate surface area is 95.1 Å². The average molecular weight is 243 g/mol. The number of ether oxygens (including phenoxy) is 1. The fourth-order valence-corrected chi connectivity index (χ4v) is 1.70. The van der Waals surface area contributed by atoms with Crippen LogP contribution >= 0.6 is 11.6 Å². The second-order valence-corrected chi connectivity index (χ2v) is 3.62. The van der Waals surface area contributed by atoms with E-state index in [4.69, 9.17) is 17.3 Å². The van der Waals surface area contributed by atoms with Crippen molar-refractivity contribution in [1.82, 2.24) is 4.98 Å². The highest BCUT2D eigenvalue weighted by Crippen LogP contribution is 2.29. The number of nitrogens with one attached hydrogen (secondary N) is 1. The lowest BCUT2D eigenvalue weighted by Gasteiger charge is -1.99. The predicted octanol–water partition coefficient (Wildman–Crippen LogP) is 2.33. The molecule has 1 aromatic carbocycles. The van der Waals surface area contributed by atoms with Crippen molar-refractivity contribution in [2.24, 2.45) is 0 Å². The summed E-state index contributed by atoms with van der Waals surface area (Å²) in [7, 11) is 1.24. The maximum absolute atomic E-state index is 13.2. The molecule has 0 amide bonds. The van der Waals surface area contributed by atoms with Crippen molar-refractivity contribution in [1.29, 1.82) is 0 Å². The van der Waals surface area contributed by atoms with E-state index in [-0.39, 0.29) is 16.4 Å². The fraction of sp³-hybridized carbons (Fsp3) is 0.100. The molecule has 0 radical (unpaired) electrons. The summed E-state index contributed by atoms with van der Waals surface area (Å²) < 4.78 is 17.7. The van der Waals surface area contributed by atoms with Crippen LogP contribution in [-0.2, 0) is 4.74 Å². The van der Waals surface area contributed by atoms with Crippen LogP contribution in [0.25, 0.3) is 10.9 Å². The number of hydrogen-bond donors (Lipinski definition) is 2. The maximum atomic E-state index is 13.2. The van der Waals surface area contributed by atoms with Crippen LogP contribution in [0.4, 0.5) is 10.2 Å². The molecule has 1 heterocycles. The van der Waals surface area contributed by atoms with Crippen LogP contribution in [0.15, 0.2) is 12.1 Å². The van der Waals surface area contributed by atoms with Gasteiger partial charge in [0.1, 0.15) is 17.2 Å². The molecule has 0 saturated heterocycles. The number of aromatic amines is 1. The van der Waals surface area contributed by atoms with Crippen LogP contribution in [0.5, 0.6) is 0 Å². The van der Waals surface area contributed by atoms with Crippen molar-refractivity contribution in [2.75, 3.05) is 12.8 Å². The first-order chi connectivity index (χ1) is 7.54. The number of fused-ring (bicyclic) bond motifs is 1. The number of esters is 1. The average Bonchev–Trinajstić information content (AvgIpc) is 2.54. The molecule has 0 spiro atoms. The van der Waals surface area contributed by atoms with Gasteiger partial charge in [0.15, 0.2) is 0 Å². The number of halogens is 2. The minimum atomic E-state index is -0.591. The van der Waals surface area contributed by atoms with Gasteiger partial charge in [-0.3, -0.25) is 0 Å². The molecule has 0 aliphatic rings. The van der Waals surface area contributed by atoms with Crippen molar-refractivity contribution in [2.45, 2.75) is 0 Å². The number of carbonyl (C=O) groups is 1.